The Bertz CT molecular complexity index is 985. The van der Waals surface area contributed by atoms with Crippen molar-refractivity contribution < 1.29 is 23.9 Å². The van der Waals surface area contributed by atoms with Gasteiger partial charge in [-0.15, -0.1) is 0 Å². The van der Waals surface area contributed by atoms with E-state index in [2.05, 4.69) is 10.2 Å². The van der Waals surface area contributed by atoms with Crippen molar-refractivity contribution in [2.24, 2.45) is 5.73 Å². The van der Waals surface area contributed by atoms with Gasteiger partial charge in [0.2, 0.25) is 11.8 Å². The predicted molar refractivity (Wildman–Crippen MR) is 114 cm³/mol. The lowest BCUT2D eigenvalue weighted by Crippen LogP contribution is -2.54. The summed E-state index contributed by atoms with van der Waals surface area (Å²) in [5.41, 5.74) is 7.64. The number of benzene rings is 1. The lowest BCUT2D eigenvalue weighted by Gasteiger charge is -2.45. The molecular formula is C23H28N4O5. The maximum atomic E-state index is 13.0. The summed E-state index contributed by atoms with van der Waals surface area (Å²) in [6.45, 7) is 3.18. The SMILES string of the molecule is NC1CCOC2(CCN(Cc3ccc4c(c3)C(=O)N(C3CCC(=O)NC3=O)C4=O)CC2)C1. The summed E-state index contributed by atoms with van der Waals surface area (Å²) in [4.78, 5) is 52.8. The molecular weight excluding hydrogens is 412 g/mol. The van der Waals surface area contributed by atoms with E-state index in [-0.39, 0.29) is 30.4 Å². The van der Waals surface area contributed by atoms with Crippen LogP contribution in [0, 0.1) is 0 Å². The van der Waals surface area contributed by atoms with Crippen LogP contribution in [-0.2, 0) is 20.9 Å². The first kappa shape index (κ1) is 21.2. The molecule has 4 aliphatic rings. The Labute approximate surface area is 186 Å². The van der Waals surface area contributed by atoms with Crippen LogP contribution in [-0.4, -0.2) is 70.8 Å². The topological polar surface area (TPSA) is 122 Å². The van der Waals surface area contributed by atoms with Crippen LogP contribution >= 0.6 is 0 Å². The molecule has 4 heterocycles. The molecule has 2 atom stereocenters. The second kappa shape index (κ2) is 8.06. The van der Waals surface area contributed by atoms with Gasteiger partial charge in [0.25, 0.3) is 11.8 Å². The van der Waals surface area contributed by atoms with E-state index >= 15 is 0 Å². The van der Waals surface area contributed by atoms with Crippen molar-refractivity contribution in [3.05, 3.63) is 34.9 Å². The van der Waals surface area contributed by atoms with Crippen LogP contribution in [0.25, 0.3) is 0 Å². The van der Waals surface area contributed by atoms with E-state index < -0.39 is 23.8 Å². The number of carbonyl (C=O) groups excluding carboxylic acids is 4. The third-order valence-electron chi connectivity index (χ3n) is 7.21. The highest BCUT2D eigenvalue weighted by Crippen LogP contribution is 2.35. The molecule has 0 saturated carbocycles. The zero-order chi connectivity index (χ0) is 22.5. The molecule has 9 nitrogen and oxygen atoms in total. The molecule has 3 N–H and O–H groups in total. The summed E-state index contributed by atoms with van der Waals surface area (Å²) in [6, 6.07) is 4.58. The molecule has 2 unspecified atom stereocenters. The molecule has 0 bridgehead atoms. The maximum Gasteiger partial charge on any atom is 0.262 e. The van der Waals surface area contributed by atoms with Gasteiger partial charge < -0.3 is 10.5 Å². The van der Waals surface area contributed by atoms with Gasteiger partial charge in [0.05, 0.1) is 16.7 Å². The average molecular weight is 441 g/mol. The molecule has 0 radical (unpaired) electrons. The maximum absolute atomic E-state index is 13.0. The first-order valence-corrected chi connectivity index (χ1v) is 11.3. The Hall–Kier alpha value is -2.62. The van der Waals surface area contributed by atoms with Crippen LogP contribution in [0.3, 0.4) is 0 Å². The molecule has 170 valence electrons. The van der Waals surface area contributed by atoms with Crippen LogP contribution in [0.1, 0.15) is 64.8 Å². The van der Waals surface area contributed by atoms with E-state index in [0.717, 1.165) is 55.8 Å². The quantitative estimate of drug-likeness (QED) is 0.659. The molecule has 32 heavy (non-hydrogen) atoms. The number of nitrogens with two attached hydrogens (primary N) is 1. The number of hydrogen-bond acceptors (Lipinski definition) is 7. The molecule has 1 aromatic carbocycles. The number of fused-ring (bicyclic) bond motifs is 1. The van der Waals surface area contributed by atoms with Gasteiger partial charge in [-0.05, 0) is 49.8 Å². The summed E-state index contributed by atoms with van der Waals surface area (Å²) >= 11 is 0. The number of carbonyl (C=O) groups is 4. The minimum absolute atomic E-state index is 0.100. The Morgan fingerprint density at radius 2 is 1.81 bits per heavy atom. The van der Waals surface area contributed by atoms with Crippen molar-refractivity contribution in [1.82, 2.24) is 15.1 Å². The van der Waals surface area contributed by atoms with E-state index in [0.29, 0.717) is 17.7 Å². The Morgan fingerprint density at radius 1 is 1.06 bits per heavy atom. The van der Waals surface area contributed by atoms with Gasteiger partial charge in [-0.2, -0.15) is 0 Å². The summed E-state index contributed by atoms with van der Waals surface area (Å²) < 4.78 is 6.10. The third-order valence-corrected chi connectivity index (χ3v) is 7.21. The van der Waals surface area contributed by atoms with Crippen molar-refractivity contribution in [3.63, 3.8) is 0 Å². The normalized spacial score (nSPS) is 28.2. The van der Waals surface area contributed by atoms with Crippen LogP contribution in [0.5, 0.6) is 0 Å². The highest BCUT2D eigenvalue weighted by Gasteiger charge is 2.45. The van der Waals surface area contributed by atoms with Crippen molar-refractivity contribution in [1.29, 1.82) is 0 Å². The van der Waals surface area contributed by atoms with Gasteiger partial charge in [-0.1, -0.05) is 6.07 Å². The van der Waals surface area contributed by atoms with Crippen molar-refractivity contribution in [3.8, 4) is 0 Å². The minimum Gasteiger partial charge on any atom is -0.375 e. The lowest BCUT2D eigenvalue weighted by molar-refractivity contribution is -0.136. The smallest absolute Gasteiger partial charge is 0.262 e. The van der Waals surface area contributed by atoms with Gasteiger partial charge >= 0.3 is 0 Å². The highest BCUT2D eigenvalue weighted by atomic mass is 16.5. The number of likely N-dealkylation sites (tertiary alicyclic amines) is 1. The molecule has 1 aromatic rings. The lowest BCUT2D eigenvalue weighted by atomic mass is 9.82. The molecule has 4 amide bonds. The monoisotopic (exact) mass is 440 g/mol. The Morgan fingerprint density at radius 3 is 2.53 bits per heavy atom. The van der Waals surface area contributed by atoms with Crippen molar-refractivity contribution in [2.45, 2.75) is 62.8 Å². The van der Waals surface area contributed by atoms with E-state index in [1.807, 2.05) is 6.07 Å². The van der Waals surface area contributed by atoms with Gasteiger partial charge in [0, 0.05) is 38.7 Å². The largest absolute Gasteiger partial charge is 0.375 e. The summed E-state index contributed by atoms with van der Waals surface area (Å²) in [5.74, 6) is -1.92. The zero-order valence-electron chi connectivity index (χ0n) is 18.0. The zero-order valence-corrected chi connectivity index (χ0v) is 18.0. The first-order valence-electron chi connectivity index (χ1n) is 11.3. The average Bonchev–Trinajstić information content (AvgIpc) is 3.00. The van der Waals surface area contributed by atoms with Crippen LogP contribution in [0.15, 0.2) is 18.2 Å². The number of ether oxygens (including phenoxy) is 1. The number of piperidine rings is 2. The minimum atomic E-state index is -0.941. The number of hydrogen-bond donors (Lipinski definition) is 2. The second-order valence-corrected chi connectivity index (χ2v) is 9.39. The number of nitrogens with one attached hydrogen (secondary N) is 1. The number of imide groups is 2. The summed E-state index contributed by atoms with van der Waals surface area (Å²) in [5, 5.41) is 2.22. The molecule has 3 saturated heterocycles. The highest BCUT2D eigenvalue weighted by molar-refractivity contribution is 6.23. The fourth-order valence-corrected chi connectivity index (χ4v) is 5.41. The molecule has 3 fully saturated rings. The number of rotatable bonds is 3. The van der Waals surface area contributed by atoms with E-state index in [1.165, 1.54) is 0 Å². The van der Waals surface area contributed by atoms with E-state index in [9.17, 15) is 19.2 Å². The molecule has 1 spiro atoms. The van der Waals surface area contributed by atoms with Crippen LogP contribution < -0.4 is 11.1 Å². The fraction of sp³-hybridized carbons (Fsp3) is 0.565. The molecule has 9 heteroatoms. The summed E-state index contributed by atoms with van der Waals surface area (Å²) in [7, 11) is 0. The standard InChI is InChI=1S/C23H28N4O5/c24-15-5-10-32-23(12-15)6-8-26(9-7-23)13-14-1-2-16-17(11-14)22(31)27(21(16)30)18-3-4-19(28)25-20(18)29/h1-2,11,15,18H,3-10,12-13,24H2,(H,25,28,29). The summed E-state index contributed by atoms with van der Waals surface area (Å²) in [6.07, 6.45) is 3.97. The predicted octanol–water partition coefficient (Wildman–Crippen LogP) is 0.560. The molecule has 0 aromatic heterocycles. The van der Waals surface area contributed by atoms with Gasteiger partial charge in [-0.25, -0.2) is 0 Å². The van der Waals surface area contributed by atoms with Crippen molar-refractivity contribution >= 4 is 23.6 Å². The van der Waals surface area contributed by atoms with E-state index in [4.69, 9.17) is 10.5 Å². The molecule has 5 rings (SSSR count). The second-order valence-electron chi connectivity index (χ2n) is 9.39. The number of nitrogens with zero attached hydrogens (tertiary/aromatic N) is 2. The van der Waals surface area contributed by atoms with Gasteiger partial charge in [0.15, 0.2) is 0 Å². The third kappa shape index (κ3) is 3.74. The number of amides is 4. The molecule has 0 aliphatic carbocycles. The van der Waals surface area contributed by atoms with Crippen molar-refractivity contribution in [2.75, 3.05) is 19.7 Å². The van der Waals surface area contributed by atoms with Crippen LogP contribution in [0.2, 0.25) is 0 Å². The first-order chi connectivity index (χ1) is 15.3. The fourth-order valence-electron chi connectivity index (χ4n) is 5.41. The van der Waals surface area contributed by atoms with Crippen LogP contribution in [0.4, 0.5) is 0 Å². The van der Waals surface area contributed by atoms with E-state index in [1.54, 1.807) is 12.1 Å². The Balaban J connectivity index is 1.26. The van der Waals surface area contributed by atoms with Gasteiger partial charge in [-0.3, -0.25) is 34.3 Å². The van der Waals surface area contributed by atoms with Gasteiger partial charge in [0.1, 0.15) is 6.04 Å². The Kier molecular flexibility index (Phi) is 5.35. The molecule has 4 aliphatic heterocycles.